The van der Waals surface area contributed by atoms with Crippen LogP contribution in [0.15, 0.2) is 42.9 Å². The molecule has 2 aromatic heterocycles. The van der Waals surface area contributed by atoms with Crippen molar-refractivity contribution in [2.75, 3.05) is 7.11 Å². The van der Waals surface area contributed by atoms with Crippen LogP contribution >= 0.6 is 0 Å². The highest BCUT2D eigenvalue weighted by molar-refractivity contribution is 5.77. The minimum atomic E-state index is 0.382. The van der Waals surface area contributed by atoms with Gasteiger partial charge >= 0.3 is 6.01 Å². The number of hydrogen-bond donors (Lipinski definition) is 0. The molecule has 27 heavy (non-hydrogen) atoms. The van der Waals surface area contributed by atoms with E-state index in [0.717, 1.165) is 28.6 Å². The summed E-state index contributed by atoms with van der Waals surface area (Å²) in [6.45, 7) is 4.44. The summed E-state index contributed by atoms with van der Waals surface area (Å²) in [6, 6.07) is 11.3. The summed E-state index contributed by atoms with van der Waals surface area (Å²) in [5.41, 5.74) is 5.22. The summed E-state index contributed by atoms with van der Waals surface area (Å²) >= 11 is 0. The van der Waals surface area contributed by atoms with E-state index in [9.17, 15) is 0 Å². The second-order valence-electron chi connectivity index (χ2n) is 7.56. The quantitative estimate of drug-likeness (QED) is 0.650. The molecular formula is C22H26N4O. The van der Waals surface area contributed by atoms with Crippen molar-refractivity contribution in [1.82, 2.24) is 19.5 Å². The smallest absolute Gasteiger partial charge is 0.316 e. The van der Waals surface area contributed by atoms with Crippen molar-refractivity contribution in [2.45, 2.75) is 45.6 Å². The van der Waals surface area contributed by atoms with Crippen LogP contribution in [0.2, 0.25) is 0 Å². The molecule has 1 fully saturated rings. The number of rotatable bonds is 4. The number of hydrogen-bond acceptors (Lipinski definition) is 4. The highest BCUT2D eigenvalue weighted by Crippen LogP contribution is 2.38. The SMILES string of the molecule is COc1nccc(-c2c(-c3ccc(C)cc3)ncn2C2CCC(C)CC2)n1. The molecule has 0 saturated heterocycles. The van der Waals surface area contributed by atoms with Crippen LogP contribution in [0, 0.1) is 12.8 Å². The Morgan fingerprint density at radius 1 is 1.00 bits per heavy atom. The molecule has 0 spiro atoms. The van der Waals surface area contributed by atoms with Crippen LogP contribution in [0.4, 0.5) is 0 Å². The molecule has 1 aromatic carbocycles. The Balaban J connectivity index is 1.83. The molecular weight excluding hydrogens is 336 g/mol. The zero-order chi connectivity index (χ0) is 18.8. The highest BCUT2D eigenvalue weighted by atomic mass is 16.5. The lowest BCUT2D eigenvalue weighted by Crippen LogP contribution is -2.17. The van der Waals surface area contributed by atoms with Gasteiger partial charge in [-0.1, -0.05) is 36.8 Å². The normalized spacial score (nSPS) is 19.8. The molecule has 0 unspecified atom stereocenters. The van der Waals surface area contributed by atoms with E-state index >= 15 is 0 Å². The number of benzene rings is 1. The Morgan fingerprint density at radius 3 is 2.44 bits per heavy atom. The maximum absolute atomic E-state index is 5.26. The number of imidazole rings is 1. The molecule has 140 valence electrons. The standard InChI is InChI=1S/C22H26N4O/c1-15-4-8-17(9-5-15)20-21(19-12-13-23-22(25-19)27-3)26(14-24-20)18-10-6-16(2)7-11-18/h4-5,8-9,12-14,16,18H,6-7,10-11H2,1-3H3. The summed E-state index contributed by atoms with van der Waals surface area (Å²) in [4.78, 5) is 13.6. The first-order valence-electron chi connectivity index (χ1n) is 9.67. The van der Waals surface area contributed by atoms with Gasteiger partial charge in [-0.25, -0.2) is 9.97 Å². The Morgan fingerprint density at radius 2 is 1.74 bits per heavy atom. The monoisotopic (exact) mass is 362 g/mol. The number of aromatic nitrogens is 4. The average molecular weight is 362 g/mol. The van der Waals surface area contributed by atoms with Crippen molar-refractivity contribution >= 4 is 0 Å². The Bertz CT molecular complexity index is 908. The largest absolute Gasteiger partial charge is 0.467 e. The first-order valence-corrected chi connectivity index (χ1v) is 9.67. The molecule has 2 heterocycles. The Labute approximate surface area is 160 Å². The van der Waals surface area contributed by atoms with Crippen molar-refractivity contribution < 1.29 is 4.74 Å². The van der Waals surface area contributed by atoms with Crippen LogP contribution in [-0.4, -0.2) is 26.6 Å². The predicted molar refractivity (Wildman–Crippen MR) is 107 cm³/mol. The first kappa shape index (κ1) is 17.7. The van der Waals surface area contributed by atoms with E-state index in [1.54, 1.807) is 13.3 Å². The van der Waals surface area contributed by atoms with Gasteiger partial charge in [-0.3, -0.25) is 0 Å². The molecule has 0 amide bonds. The molecule has 0 aliphatic heterocycles. The zero-order valence-electron chi connectivity index (χ0n) is 16.2. The second-order valence-corrected chi connectivity index (χ2v) is 7.56. The number of ether oxygens (including phenoxy) is 1. The lowest BCUT2D eigenvalue weighted by molar-refractivity contribution is 0.291. The van der Waals surface area contributed by atoms with Crippen LogP contribution in [0.1, 0.15) is 44.2 Å². The van der Waals surface area contributed by atoms with Gasteiger partial charge in [0.1, 0.15) is 0 Å². The molecule has 0 N–H and O–H groups in total. The van der Waals surface area contributed by atoms with E-state index in [4.69, 9.17) is 9.72 Å². The van der Waals surface area contributed by atoms with E-state index in [-0.39, 0.29) is 0 Å². The maximum atomic E-state index is 5.26. The molecule has 0 atom stereocenters. The maximum Gasteiger partial charge on any atom is 0.316 e. The summed E-state index contributed by atoms with van der Waals surface area (Å²) in [7, 11) is 1.60. The van der Waals surface area contributed by atoms with Crippen molar-refractivity contribution in [1.29, 1.82) is 0 Å². The van der Waals surface area contributed by atoms with Gasteiger partial charge in [0.2, 0.25) is 0 Å². The predicted octanol–water partition coefficient (Wildman–Crippen LogP) is 5.08. The molecule has 5 heteroatoms. The number of nitrogens with zero attached hydrogens (tertiary/aromatic N) is 4. The van der Waals surface area contributed by atoms with Gasteiger partial charge in [-0.15, -0.1) is 0 Å². The van der Waals surface area contributed by atoms with Gasteiger partial charge in [0.25, 0.3) is 0 Å². The van der Waals surface area contributed by atoms with Crippen molar-refractivity contribution in [3.05, 3.63) is 48.4 Å². The molecule has 1 saturated carbocycles. The molecule has 1 aliphatic carbocycles. The van der Waals surface area contributed by atoms with Crippen LogP contribution in [0.25, 0.3) is 22.6 Å². The van der Waals surface area contributed by atoms with Crippen molar-refractivity contribution in [3.8, 4) is 28.7 Å². The van der Waals surface area contributed by atoms with Crippen molar-refractivity contribution in [2.24, 2.45) is 5.92 Å². The summed E-state index contributed by atoms with van der Waals surface area (Å²) in [5, 5.41) is 0. The first-order chi connectivity index (χ1) is 13.2. The second kappa shape index (κ2) is 7.51. The number of aryl methyl sites for hydroxylation is 1. The molecule has 0 bridgehead atoms. The van der Waals surface area contributed by atoms with Gasteiger partial charge in [-0.2, -0.15) is 4.98 Å². The van der Waals surface area contributed by atoms with Crippen LogP contribution in [0.3, 0.4) is 0 Å². The summed E-state index contributed by atoms with van der Waals surface area (Å²) in [6.07, 6.45) is 8.62. The topological polar surface area (TPSA) is 52.8 Å². The third-order valence-corrected chi connectivity index (χ3v) is 5.56. The fraction of sp³-hybridized carbons (Fsp3) is 0.409. The highest BCUT2D eigenvalue weighted by Gasteiger charge is 2.25. The molecule has 5 nitrogen and oxygen atoms in total. The van der Waals surface area contributed by atoms with E-state index in [2.05, 4.69) is 52.6 Å². The van der Waals surface area contributed by atoms with Gasteiger partial charge in [0, 0.05) is 17.8 Å². The Hall–Kier alpha value is -2.69. The molecule has 4 rings (SSSR count). The minimum Gasteiger partial charge on any atom is -0.467 e. The van der Waals surface area contributed by atoms with Gasteiger partial charge < -0.3 is 9.30 Å². The lowest BCUT2D eigenvalue weighted by Gasteiger charge is -2.28. The molecule has 3 aromatic rings. The third kappa shape index (κ3) is 3.59. The van der Waals surface area contributed by atoms with Crippen molar-refractivity contribution in [3.63, 3.8) is 0 Å². The minimum absolute atomic E-state index is 0.382. The Kier molecular flexibility index (Phi) is 4.92. The fourth-order valence-corrected chi connectivity index (χ4v) is 3.91. The van der Waals surface area contributed by atoms with E-state index < -0.39 is 0 Å². The summed E-state index contributed by atoms with van der Waals surface area (Å²) < 4.78 is 7.58. The summed E-state index contributed by atoms with van der Waals surface area (Å²) in [5.74, 6) is 0.809. The van der Waals surface area contributed by atoms with Crippen LogP contribution in [-0.2, 0) is 0 Å². The molecule has 1 aliphatic rings. The lowest BCUT2D eigenvalue weighted by atomic mass is 9.87. The fourth-order valence-electron chi connectivity index (χ4n) is 3.91. The van der Waals surface area contributed by atoms with Gasteiger partial charge in [0.15, 0.2) is 0 Å². The van der Waals surface area contributed by atoms with Crippen LogP contribution in [0.5, 0.6) is 6.01 Å². The molecule has 0 radical (unpaired) electrons. The third-order valence-electron chi connectivity index (χ3n) is 5.56. The average Bonchev–Trinajstić information content (AvgIpc) is 3.14. The van der Waals surface area contributed by atoms with Gasteiger partial charge in [0.05, 0.1) is 30.5 Å². The zero-order valence-corrected chi connectivity index (χ0v) is 16.2. The van der Waals surface area contributed by atoms with E-state index in [0.29, 0.717) is 12.1 Å². The van der Waals surface area contributed by atoms with E-state index in [1.165, 1.54) is 31.2 Å². The van der Waals surface area contributed by atoms with Gasteiger partial charge in [-0.05, 0) is 44.6 Å². The van der Waals surface area contributed by atoms with E-state index in [1.807, 2.05) is 12.4 Å². The number of methoxy groups -OCH3 is 1. The van der Waals surface area contributed by atoms with Crippen LogP contribution < -0.4 is 4.74 Å².